The molecule has 2 nitrogen and oxygen atoms in total. The first-order valence-corrected chi connectivity index (χ1v) is 8.45. The van der Waals surface area contributed by atoms with Crippen LogP contribution in [0.15, 0.2) is 66.3 Å². The largest absolute Gasteiger partial charge is 0.264 e. The van der Waals surface area contributed by atoms with E-state index in [0.29, 0.717) is 5.92 Å². The molecule has 0 fully saturated rings. The summed E-state index contributed by atoms with van der Waals surface area (Å²) in [5, 5.41) is 0. The molecular weight excluding hydrogens is 292 g/mol. The quantitative estimate of drug-likeness (QED) is 0.755. The van der Waals surface area contributed by atoms with E-state index in [-0.39, 0.29) is 5.41 Å². The zero-order chi connectivity index (χ0) is 16.3. The average Bonchev–Trinajstić information content (AvgIpc) is 2.95. The minimum absolute atomic E-state index is 0.209. The van der Waals surface area contributed by atoms with Gasteiger partial charge in [0.1, 0.15) is 0 Å². The van der Waals surface area contributed by atoms with Crippen LogP contribution in [0.2, 0.25) is 0 Å². The van der Waals surface area contributed by atoms with Gasteiger partial charge < -0.3 is 0 Å². The van der Waals surface area contributed by atoms with E-state index in [9.17, 15) is 0 Å². The Kier molecular flexibility index (Phi) is 2.64. The molecule has 1 unspecified atom stereocenters. The fraction of sp³-hybridized carbons (Fsp3) is 0.182. The van der Waals surface area contributed by atoms with Crippen LogP contribution >= 0.6 is 0 Å². The van der Waals surface area contributed by atoms with Crippen LogP contribution in [0, 0.1) is 0 Å². The predicted molar refractivity (Wildman–Crippen MR) is 97.6 cm³/mol. The summed E-state index contributed by atoms with van der Waals surface area (Å²) >= 11 is 0. The van der Waals surface area contributed by atoms with Gasteiger partial charge >= 0.3 is 0 Å². The summed E-state index contributed by atoms with van der Waals surface area (Å²) in [6.45, 7) is 4.50. The molecule has 3 aliphatic rings. The molecule has 5 rings (SSSR count). The smallest absolute Gasteiger partial charge is 0.0718 e. The van der Waals surface area contributed by atoms with Gasteiger partial charge in [0.05, 0.1) is 5.41 Å². The molecule has 0 N–H and O–H groups in total. The summed E-state index contributed by atoms with van der Waals surface area (Å²) < 4.78 is 0. The van der Waals surface area contributed by atoms with Crippen molar-refractivity contribution in [2.75, 3.05) is 0 Å². The molecule has 0 saturated carbocycles. The molecule has 1 spiro atoms. The van der Waals surface area contributed by atoms with Gasteiger partial charge in [-0.2, -0.15) is 0 Å². The molecule has 0 saturated heterocycles. The fourth-order valence-electron chi connectivity index (χ4n) is 4.45. The zero-order valence-corrected chi connectivity index (χ0v) is 13.8. The molecule has 24 heavy (non-hydrogen) atoms. The number of nitrogens with zero attached hydrogens (tertiary/aromatic N) is 2. The van der Waals surface area contributed by atoms with Crippen LogP contribution in [0.5, 0.6) is 0 Å². The second kappa shape index (κ2) is 4.64. The lowest BCUT2D eigenvalue weighted by Crippen LogP contribution is -2.34. The second-order valence-corrected chi connectivity index (χ2v) is 6.97. The van der Waals surface area contributed by atoms with Gasteiger partial charge in [-0.25, -0.2) is 0 Å². The van der Waals surface area contributed by atoms with Gasteiger partial charge in [0.25, 0.3) is 0 Å². The molecule has 3 aliphatic carbocycles. The maximum absolute atomic E-state index is 4.51. The van der Waals surface area contributed by atoms with Crippen LogP contribution < -0.4 is 0 Å². The zero-order valence-electron chi connectivity index (χ0n) is 13.8. The molecule has 0 amide bonds. The minimum atomic E-state index is -0.209. The first-order valence-electron chi connectivity index (χ1n) is 8.45. The number of hydrogen-bond acceptors (Lipinski definition) is 2. The lowest BCUT2D eigenvalue weighted by molar-refractivity contribution is 0.711. The highest BCUT2D eigenvalue weighted by atomic mass is 14.7. The highest BCUT2D eigenvalue weighted by molar-refractivity contribution is 5.86. The predicted octanol–water partition coefficient (Wildman–Crippen LogP) is 4.81. The van der Waals surface area contributed by atoms with Crippen LogP contribution in [0.1, 0.15) is 47.6 Å². The fourth-order valence-corrected chi connectivity index (χ4v) is 4.45. The summed E-state index contributed by atoms with van der Waals surface area (Å²) in [6.07, 6.45) is 21.3. The first kappa shape index (κ1) is 13.7. The Bertz CT molecular complexity index is 989. The summed E-state index contributed by atoms with van der Waals surface area (Å²) in [7, 11) is 0. The summed E-state index contributed by atoms with van der Waals surface area (Å²) in [4.78, 5) is 8.85. The number of pyridine rings is 2. The van der Waals surface area contributed by atoms with Gasteiger partial charge in [-0.15, -0.1) is 0 Å². The lowest BCUT2D eigenvalue weighted by atomic mass is 9.61. The molecule has 0 bridgehead atoms. The van der Waals surface area contributed by atoms with Gasteiger partial charge in [-0.05, 0) is 57.0 Å². The number of rotatable bonds is 1. The van der Waals surface area contributed by atoms with Crippen molar-refractivity contribution in [1.82, 2.24) is 9.97 Å². The Morgan fingerprint density at radius 3 is 2.67 bits per heavy atom. The number of hydrogen-bond donors (Lipinski definition) is 0. The van der Waals surface area contributed by atoms with E-state index in [4.69, 9.17) is 0 Å². The third kappa shape index (κ3) is 1.51. The van der Waals surface area contributed by atoms with Crippen molar-refractivity contribution in [1.29, 1.82) is 0 Å². The molecule has 2 heteroatoms. The Labute approximate surface area is 142 Å². The van der Waals surface area contributed by atoms with Gasteiger partial charge in [0.15, 0.2) is 0 Å². The van der Waals surface area contributed by atoms with Crippen molar-refractivity contribution in [3.8, 4) is 0 Å². The molecule has 0 radical (unpaired) electrons. The Morgan fingerprint density at radius 2 is 1.79 bits per heavy atom. The van der Waals surface area contributed by atoms with E-state index in [1.807, 2.05) is 24.8 Å². The summed E-state index contributed by atoms with van der Waals surface area (Å²) in [6, 6.07) is 2.18. The summed E-state index contributed by atoms with van der Waals surface area (Å²) in [5.74, 6) is 0.429. The van der Waals surface area contributed by atoms with E-state index in [1.165, 1.54) is 39.0 Å². The topological polar surface area (TPSA) is 25.8 Å². The number of aromatic nitrogens is 2. The highest BCUT2D eigenvalue weighted by Crippen LogP contribution is 2.57. The molecule has 2 aromatic heterocycles. The second-order valence-electron chi connectivity index (χ2n) is 6.97. The molecular formula is C22H18N2. The van der Waals surface area contributed by atoms with E-state index < -0.39 is 0 Å². The molecule has 1 atom stereocenters. The molecule has 2 aromatic rings. The van der Waals surface area contributed by atoms with Crippen molar-refractivity contribution in [3.63, 3.8) is 0 Å². The highest BCUT2D eigenvalue weighted by Gasteiger charge is 2.49. The van der Waals surface area contributed by atoms with Crippen molar-refractivity contribution in [3.05, 3.63) is 94.1 Å². The summed E-state index contributed by atoms with van der Waals surface area (Å²) in [5.41, 5.74) is 8.96. The van der Waals surface area contributed by atoms with Crippen LogP contribution in [0.4, 0.5) is 0 Å². The molecule has 0 aromatic carbocycles. The number of fused-ring (bicyclic) bond motifs is 2. The van der Waals surface area contributed by atoms with E-state index in [2.05, 4.69) is 66.3 Å². The standard InChI is InChI=1S/C22H18N2/c1-14(2)19-13-24-12-16-10-18-5-3-4-17-7-6-15-11-23-9-8-20(15)22(17,18)21(16)19/h3-14H,1-2H3. The maximum Gasteiger partial charge on any atom is 0.0718 e. The van der Waals surface area contributed by atoms with Crippen molar-refractivity contribution >= 4 is 12.2 Å². The monoisotopic (exact) mass is 310 g/mol. The van der Waals surface area contributed by atoms with E-state index in [1.54, 1.807) is 0 Å². The van der Waals surface area contributed by atoms with Crippen LogP contribution in [0.3, 0.4) is 0 Å². The van der Waals surface area contributed by atoms with Gasteiger partial charge in [-0.3, -0.25) is 9.97 Å². The van der Waals surface area contributed by atoms with Crippen LogP contribution in [0.25, 0.3) is 12.2 Å². The van der Waals surface area contributed by atoms with E-state index >= 15 is 0 Å². The normalized spacial score (nSPS) is 22.5. The average molecular weight is 310 g/mol. The van der Waals surface area contributed by atoms with Crippen molar-refractivity contribution < 1.29 is 0 Å². The van der Waals surface area contributed by atoms with Crippen molar-refractivity contribution in [2.24, 2.45) is 0 Å². The van der Waals surface area contributed by atoms with Crippen LogP contribution in [-0.4, -0.2) is 9.97 Å². The van der Waals surface area contributed by atoms with Gasteiger partial charge in [0, 0.05) is 24.8 Å². The van der Waals surface area contributed by atoms with Gasteiger partial charge in [0.2, 0.25) is 0 Å². The third-order valence-electron chi connectivity index (χ3n) is 5.43. The number of allylic oxidation sites excluding steroid dienone is 6. The molecule has 2 heterocycles. The minimum Gasteiger partial charge on any atom is -0.264 e. The molecule has 116 valence electrons. The third-order valence-corrected chi connectivity index (χ3v) is 5.43. The lowest BCUT2D eigenvalue weighted by Gasteiger charge is -2.41. The SMILES string of the molecule is CC(C)c1cncc2c1C13C(=CC=CC1=C2)C=Cc1cnccc13. The molecule has 0 aliphatic heterocycles. The van der Waals surface area contributed by atoms with E-state index in [0.717, 1.165) is 0 Å². The Balaban J connectivity index is 1.95. The van der Waals surface area contributed by atoms with Gasteiger partial charge in [-0.1, -0.05) is 44.2 Å². The Morgan fingerprint density at radius 1 is 0.917 bits per heavy atom. The van der Waals surface area contributed by atoms with Crippen LogP contribution in [-0.2, 0) is 5.41 Å². The van der Waals surface area contributed by atoms with Crippen molar-refractivity contribution in [2.45, 2.75) is 25.2 Å². The maximum atomic E-state index is 4.51. The first-order chi connectivity index (χ1) is 11.7. The Hall–Kier alpha value is -2.74.